The van der Waals surface area contributed by atoms with Crippen molar-refractivity contribution in [1.82, 2.24) is 0 Å². The fourth-order valence-electron chi connectivity index (χ4n) is 2.30. The lowest BCUT2D eigenvalue weighted by atomic mass is 10.1. The van der Waals surface area contributed by atoms with E-state index in [1.54, 1.807) is 0 Å². The van der Waals surface area contributed by atoms with Crippen LogP contribution in [-0.2, 0) is 6.42 Å². The van der Waals surface area contributed by atoms with E-state index in [1.165, 1.54) is 11.3 Å². The van der Waals surface area contributed by atoms with Gasteiger partial charge in [-0.1, -0.05) is 18.2 Å². The molecule has 1 aromatic carbocycles. The van der Waals surface area contributed by atoms with Gasteiger partial charge in [0.1, 0.15) is 0 Å². The van der Waals surface area contributed by atoms with Gasteiger partial charge in [-0.15, -0.1) is 0 Å². The zero-order valence-electron chi connectivity index (χ0n) is 9.48. The van der Waals surface area contributed by atoms with Crippen LogP contribution in [0.15, 0.2) is 24.3 Å². The Morgan fingerprint density at radius 3 is 2.93 bits per heavy atom. The summed E-state index contributed by atoms with van der Waals surface area (Å²) >= 11 is 0. The molecule has 0 aliphatic carbocycles. The summed E-state index contributed by atoms with van der Waals surface area (Å²) in [7, 11) is 0. The summed E-state index contributed by atoms with van der Waals surface area (Å²) in [5, 5.41) is 9.32. The highest BCUT2D eigenvalue weighted by Gasteiger charge is 2.24. The predicted octanol–water partition coefficient (Wildman–Crippen LogP) is 2.21. The van der Waals surface area contributed by atoms with Crippen molar-refractivity contribution in [3.8, 4) is 0 Å². The van der Waals surface area contributed by atoms with Gasteiger partial charge in [0.25, 0.3) is 0 Å². The van der Waals surface area contributed by atoms with Crippen LogP contribution in [-0.4, -0.2) is 23.8 Å². The quantitative estimate of drug-likeness (QED) is 0.817. The molecule has 2 atom stereocenters. The summed E-state index contributed by atoms with van der Waals surface area (Å²) in [5.41, 5.74) is 2.79. The Morgan fingerprint density at radius 2 is 2.20 bits per heavy atom. The van der Waals surface area contributed by atoms with E-state index in [0.29, 0.717) is 6.04 Å². The molecule has 0 bridgehead atoms. The Kier molecular flexibility index (Phi) is 2.96. The van der Waals surface area contributed by atoms with Crippen LogP contribution in [0.3, 0.4) is 0 Å². The molecule has 1 N–H and O–H groups in total. The number of hydrogen-bond donors (Lipinski definition) is 1. The molecule has 0 spiro atoms. The standard InChI is InChI=1S/C13H19NO/c1-10-9-12-5-3-4-6-13(12)14(10)8-7-11(2)15/h3-6,10-11,15H,7-9H2,1-2H3. The number of aliphatic hydroxyl groups is 1. The molecule has 0 fully saturated rings. The summed E-state index contributed by atoms with van der Waals surface area (Å²) < 4.78 is 0. The number of benzene rings is 1. The molecular formula is C13H19NO. The maximum atomic E-state index is 9.32. The van der Waals surface area contributed by atoms with Gasteiger partial charge in [-0.2, -0.15) is 0 Å². The molecule has 1 aliphatic rings. The zero-order valence-corrected chi connectivity index (χ0v) is 9.48. The van der Waals surface area contributed by atoms with Crippen molar-refractivity contribution in [1.29, 1.82) is 0 Å². The molecule has 1 aromatic rings. The summed E-state index contributed by atoms with van der Waals surface area (Å²) in [6.45, 7) is 5.06. The molecule has 82 valence electrons. The van der Waals surface area contributed by atoms with Crippen LogP contribution < -0.4 is 4.90 Å². The minimum absolute atomic E-state index is 0.204. The van der Waals surface area contributed by atoms with Gasteiger partial charge in [0.2, 0.25) is 0 Å². The molecule has 0 radical (unpaired) electrons. The number of anilines is 1. The average molecular weight is 205 g/mol. The summed E-state index contributed by atoms with van der Waals surface area (Å²) in [4.78, 5) is 2.40. The first kappa shape index (κ1) is 10.5. The molecule has 0 saturated carbocycles. The number of hydrogen-bond acceptors (Lipinski definition) is 2. The van der Waals surface area contributed by atoms with E-state index >= 15 is 0 Å². The van der Waals surface area contributed by atoms with E-state index in [1.807, 2.05) is 6.92 Å². The van der Waals surface area contributed by atoms with Crippen molar-refractivity contribution in [3.63, 3.8) is 0 Å². The summed E-state index contributed by atoms with van der Waals surface area (Å²) in [5.74, 6) is 0. The van der Waals surface area contributed by atoms with Crippen molar-refractivity contribution in [2.24, 2.45) is 0 Å². The molecule has 2 heteroatoms. The lowest BCUT2D eigenvalue weighted by Crippen LogP contribution is -2.31. The Labute approximate surface area is 91.5 Å². The first-order valence-corrected chi connectivity index (χ1v) is 5.71. The van der Waals surface area contributed by atoms with Crippen LogP contribution in [0.2, 0.25) is 0 Å². The lowest BCUT2D eigenvalue weighted by molar-refractivity contribution is 0.186. The fraction of sp³-hybridized carbons (Fsp3) is 0.538. The molecule has 1 aliphatic heterocycles. The van der Waals surface area contributed by atoms with E-state index in [-0.39, 0.29) is 6.10 Å². The van der Waals surface area contributed by atoms with Gasteiger partial charge in [0, 0.05) is 18.3 Å². The van der Waals surface area contributed by atoms with Crippen molar-refractivity contribution in [2.75, 3.05) is 11.4 Å². The molecule has 15 heavy (non-hydrogen) atoms. The normalized spacial score (nSPS) is 21.5. The fourth-order valence-corrected chi connectivity index (χ4v) is 2.30. The van der Waals surface area contributed by atoms with Gasteiger partial charge in [0.15, 0.2) is 0 Å². The van der Waals surface area contributed by atoms with Crippen LogP contribution in [0.25, 0.3) is 0 Å². The van der Waals surface area contributed by atoms with Crippen molar-refractivity contribution >= 4 is 5.69 Å². The molecular weight excluding hydrogens is 186 g/mol. The predicted molar refractivity (Wildman–Crippen MR) is 63.3 cm³/mol. The van der Waals surface area contributed by atoms with Crippen molar-refractivity contribution in [3.05, 3.63) is 29.8 Å². The zero-order chi connectivity index (χ0) is 10.8. The van der Waals surface area contributed by atoms with Gasteiger partial charge < -0.3 is 10.0 Å². The Bertz CT molecular complexity index is 335. The van der Waals surface area contributed by atoms with Crippen LogP contribution in [0.1, 0.15) is 25.8 Å². The van der Waals surface area contributed by atoms with E-state index in [2.05, 4.69) is 36.1 Å². The van der Waals surface area contributed by atoms with Gasteiger partial charge in [-0.05, 0) is 38.3 Å². The first-order chi connectivity index (χ1) is 7.18. The number of para-hydroxylation sites is 1. The highest BCUT2D eigenvalue weighted by molar-refractivity contribution is 5.59. The SMILES string of the molecule is CC(O)CCN1c2ccccc2CC1C. The maximum absolute atomic E-state index is 9.32. The smallest absolute Gasteiger partial charge is 0.0528 e. The second kappa shape index (κ2) is 4.23. The third kappa shape index (κ3) is 2.15. The second-order valence-corrected chi connectivity index (χ2v) is 4.51. The number of nitrogens with zero attached hydrogens (tertiary/aromatic N) is 1. The molecule has 1 heterocycles. The Morgan fingerprint density at radius 1 is 1.47 bits per heavy atom. The molecule has 2 unspecified atom stereocenters. The third-order valence-corrected chi connectivity index (χ3v) is 3.14. The molecule has 2 nitrogen and oxygen atoms in total. The highest BCUT2D eigenvalue weighted by Crippen LogP contribution is 2.31. The summed E-state index contributed by atoms with van der Waals surface area (Å²) in [6.07, 6.45) is 1.78. The Hall–Kier alpha value is -1.02. The third-order valence-electron chi connectivity index (χ3n) is 3.14. The topological polar surface area (TPSA) is 23.5 Å². The van der Waals surface area contributed by atoms with Crippen molar-refractivity contribution < 1.29 is 5.11 Å². The van der Waals surface area contributed by atoms with E-state index in [0.717, 1.165) is 19.4 Å². The molecule has 0 aromatic heterocycles. The largest absolute Gasteiger partial charge is 0.393 e. The minimum Gasteiger partial charge on any atom is -0.393 e. The second-order valence-electron chi connectivity index (χ2n) is 4.51. The van der Waals surface area contributed by atoms with Crippen molar-refractivity contribution in [2.45, 2.75) is 38.8 Å². The van der Waals surface area contributed by atoms with Crippen LogP contribution in [0.4, 0.5) is 5.69 Å². The monoisotopic (exact) mass is 205 g/mol. The van der Waals surface area contributed by atoms with Gasteiger partial charge in [-0.3, -0.25) is 0 Å². The van der Waals surface area contributed by atoms with E-state index < -0.39 is 0 Å². The number of aliphatic hydroxyl groups excluding tert-OH is 1. The number of fused-ring (bicyclic) bond motifs is 1. The summed E-state index contributed by atoms with van der Waals surface area (Å²) in [6, 6.07) is 9.14. The van der Waals surface area contributed by atoms with Gasteiger partial charge >= 0.3 is 0 Å². The van der Waals surface area contributed by atoms with Crippen LogP contribution in [0.5, 0.6) is 0 Å². The Balaban J connectivity index is 2.11. The minimum atomic E-state index is -0.204. The van der Waals surface area contributed by atoms with Gasteiger partial charge in [-0.25, -0.2) is 0 Å². The van der Waals surface area contributed by atoms with E-state index in [9.17, 15) is 5.11 Å². The first-order valence-electron chi connectivity index (χ1n) is 5.71. The highest BCUT2D eigenvalue weighted by atomic mass is 16.3. The molecule has 0 amide bonds. The van der Waals surface area contributed by atoms with Crippen LogP contribution >= 0.6 is 0 Å². The number of rotatable bonds is 3. The van der Waals surface area contributed by atoms with Gasteiger partial charge in [0.05, 0.1) is 6.10 Å². The van der Waals surface area contributed by atoms with E-state index in [4.69, 9.17) is 0 Å². The van der Waals surface area contributed by atoms with Crippen LogP contribution in [0, 0.1) is 0 Å². The lowest BCUT2D eigenvalue weighted by Gasteiger charge is -2.25. The molecule has 2 rings (SSSR count). The average Bonchev–Trinajstić information content (AvgIpc) is 2.50. The molecule has 0 saturated heterocycles. The maximum Gasteiger partial charge on any atom is 0.0528 e.